The zero-order chi connectivity index (χ0) is 26.5. The fourth-order valence-electron chi connectivity index (χ4n) is 6.48. The van der Waals surface area contributed by atoms with E-state index in [4.69, 9.17) is 9.72 Å². The lowest BCUT2D eigenvalue weighted by Gasteiger charge is -2.33. The van der Waals surface area contributed by atoms with Gasteiger partial charge in [-0.25, -0.2) is 14.2 Å². The number of esters is 1. The maximum Gasteiger partial charge on any atom is 0.343 e. The Morgan fingerprint density at radius 3 is 2.79 bits per heavy atom. The molecule has 1 unspecified atom stereocenters. The second kappa shape index (κ2) is 7.94. The van der Waals surface area contributed by atoms with Gasteiger partial charge >= 0.3 is 5.97 Å². The Balaban J connectivity index is 1.48. The number of cyclic esters (lactones) is 1. The fraction of sp³-hybridized carbons (Fsp3) is 0.429. The van der Waals surface area contributed by atoms with Gasteiger partial charge in [-0.1, -0.05) is 6.92 Å². The molecule has 0 spiro atoms. The first-order valence-electron chi connectivity index (χ1n) is 13.1. The van der Waals surface area contributed by atoms with Crippen molar-refractivity contribution in [1.29, 1.82) is 0 Å². The Labute approximate surface area is 217 Å². The summed E-state index contributed by atoms with van der Waals surface area (Å²) >= 11 is 0. The number of hydrogen-bond donors (Lipinski definition) is 3. The molecule has 3 aromatic rings. The highest BCUT2D eigenvalue weighted by atomic mass is 19.1. The van der Waals surface area contributed by atoms with E-state index in [0.717, 1.165) is 35.0 Å². The Bertz CT molecular complexity index is 1660. The van der Waals surface area contributed by atoms with Crippen molar-refractivity contribution in [2.24, 2.45) is 0 Å². The Morgan fingerprint density at radius 2 is 2.08 bits per heavy atom. The summed E-state index contributed by atoms with van der Waals surface area (Å²) in [7, 11) is 0. The number of nitrogens with zero attached hydrogens (tertiary/aromatic N) is 2. The molecule has 1 saturated heterocycles. The number of aliphatic hydroxyl groups is 1. The number of halogens is 1. The van der Waals surface area contributed by atoms with E-state index in [1.165, 1.54) is 6.07 Å². The summed E-state index contributed by atoms with van der Waals surface area (Å²) in [6, 6.07) is 2.51. The third-order valence-electron chi connectivity index (χ3n) is 8.83. The van der Waals surface area contributed by atoms with Crippen LogP contribution in [0.1, 0.15) is 65.6 Å². The summed E-state index contributed by atoms with van der Waals surface area (Å²) in [5.41, 5.74) is 2.70. The summed E-state index contributed by atoms with van der Waals surface area (Å²) in [6.07, 6.45) is 2.01. The average molecular weight is 519 g/mol. The number of aryl methyl sites for hydroxylation is 1. The van der Waals surface area contributed by atoms with Crippen molar-refractivity contribution in [3.8, 4) is 11.4 Å². The van der Waals surface area contributed by atoms with E-state index in [0.29, 0.717) is 35.3 Å². The third-order valence-corrected chi connectivity index (χ3v) is 8.83. The van der Waals surface area contributed by atoms with Gasteiger partial charge in [0.25, 0.3) is 5.56 Å². The maximum atomic E-state index is 15.0. The molecule has 1 fully saturated rings. The number of pyridine rings is 2. The number of amides is 1. The molecule has 1 aliphatic carbocycles. The van der Waals surface area contributed by atoms with Gasteiger partial charge < -0.3 is 25.0 Å². The zero-order valence-electron chi connectivity index (χ0n) is 21.1. The van der Waals surface area contributed by atoms with Crippen LogP contribution in [-0.4, -0.2) is 39.1 Å². The molecule has 2 aromatic heterocycles. The molecule has 3 N–H and O–H groups in total. The van der Waals surface area contributed by atoms with Gasteiger partial charge in [-0.15, -0.1) is 0 Å². The van der Waals surface area contributed by atoms with Crippen molar-refractivity contribution in [3.63, 3.8) is 0 Å². The molecule has 3 aliphatic heterocycles. The second-order valence-electron chi connectivity index (χ2n) is 10.7. The second-order valence-corrected chi connectivity index (χ2v) is 10.7. The standard InChI is InChI=1S/C28H27FN4O5/c1-3-28(37)16-8-21-24-14(10-33(21)26(35)15(16)11-38-27(28)36)23-18(32-25(34)19-6-7-30-19)5-4-13-12(2)17(29)9-20(31-24)22(13)23/h8-9,18-19,30,37H,3-7,10-11H2,1-2H3,(H,32,34)/t18-,19-,28?/m1/s1. The van der Waals surface area contributed by atoms with Gasteiger partial charge in [-0.05, 0) is 61.9 Å². The monoisotopic (exact) mass is 518 g/mol. The van der Waals surface area contributed by atoms with Gasteiger partial charge in [0.15, 0.2) is 5.60 Å². The summed E-state index contributed by atoms with van der Waals surface area (Å²) in [5.74, 6) is -1.21. The lowest BCUT2D eigenvalue weighted by Crippen LogP contribution is -2.54. The van der Waals surface area contributed by atoms with E-state index in [9.17, 15) is 23.9 Å². The van der Waals surface area contributed by atoms with Crippen LogP contribution in [0.4, 0.5) is 4.39 Å². The number of aromatic nitrogens is 2. The number of carbonyl (C=O) groups is 2. The molecule has 0 radical (unpaired) electrons. The van der Waals surface area contributed by atoms with E-state index in [1.807, 2.05) is 0 Å². The van der Waals surface area contributed by atoms with Crippen molar-refractivity contribution in [1.82, 2.24) is 20.2 Å². The first-order valence-corrected chi connectivity index (χ1v) is 13.1. The van der Waals surface area contributed by atoms with Crippen LogP contribution in [0.2, 0.25) is 0 Å². The molecule has 1 aromatic carbocycles. The number of hydrogen-bond acceptors (Lipinski definition) is 7. The number of ether oxygens (including phenoxy) is 1. The van der Waals surface area contributed by atoms with E-state index in [-0.39, 0.29) is 60.1 Å². The number of rotatable bonds is 3. The summed E-state index contributed by atoms with van der Waals surface area (Å²) in [6.45, 7) is 4.22. The van der Waals surface area contributed by atoms with Crippen molar-refractivity contribution in [2.45, 2.75) is 70.4 Å². The minimum absolute atomic E-state index is 0.0438. The maximum absolute atomic E-state index is 15.0. The first-order chi connectivity index (χ1) is 18.2. The average Bonchev–Trinajstić information content (AvgIpc) is 3.23. The number of fused-ring (bicyclic) bond motifs is 5. The molecular formula is C28H27FN4O5. The minimum Gasteiger partial charge on any atom is -0.458 e. The molecule has 3 atom stereocenters. The largest absolute Gasteiger partial charge is 0.458 e. The van der Waals surface area contributed by atoms with E-state index in [1.54, 1.807) is 24.5 Å². The quantitative estimate of drug-likeness (QED) is 0.355. The molecule has 1 amide bonds. The third kappa shape index (κ3) is 2.98. The lowest BCUT2D eigenvalue weighted by atomic mass is 9.81. The number of nitrogens with one attached hydrogen (secondary N) is 2. The number of benzene rings is 1. The van der Waals surface area contributed by atoms with Crippen LogP contribution < -0.4 is 16.2 Å². The van der Waals surface area contributed by atoms with Gasteiger partial charge in [0.1, 0.15) is 12.4 Å². The van der Waals surface area contributed by atoms with Crippen LogP contribution in [0.25, 0.3) is 22.3 Å². The molecule has 7 rings (SSSR count). The highest BCUT2D eigenvalue weighted by Gasteiger charge is 2.46. The normalized spacial score (nSPS) is 24.8. The highest BCUT2D eigenvalue weighted by molar-refractivity contribution is 5.94. The molecule has 5 heterocycles. The van der Waals surface area contributed by atoms with Crippen LogP contribution in [0.3, 0.4) is 0 Å². The molecule has 0 saturated carbocycles. The molecule has 4 aliphatic rings. The van der Waals surface area contributed by atoms with E-state index < -0.39 is 11.6 Å². The van der Waals surface area contributed by atoms with Crippen LogP contribution in [0.15, 0.2) is 16.9 Å². The van der Waals surface area contributed by atoms with Gasteiger partial charge in [0.05, 0.1) is 41.1 Å². The minimum atomic E-state index is -1.93. The Morgan fingerprint density at radius 1 is 1.29 bits per heavy atom. The molecule has 196 valence electrons. The van der Waals surface area contributed by atoms with Gasteiger partial charge in [0, 0.05) is 22.6 Å². The van der Waals surface area contributed by atoms with Gasteiger partial charge in [0.2, 0.25) is 5.91 Å². The Hall–Kier alpha value is -3.63. The van der Waals surface area contributed by atoms with Crippen LogP contribution >= 0.6 is 0 Å². The molecule has 9 nitrogen and oxygen atoms in total. The number of carbonyl (C=O) groups excluding carboxylic acids is 2. The fourth-order valence-corrected chi connectivity index (χ4v) is 6.48. The van der Waals surface area contributed by atoms with E-state index in [2.05, 4.69) is 10.6 Å². The van der Waals surface area contributed by atoms with Crippen LogP contribution in [-0.2, 0) is 39.5 Å². The summed E-state index contributed by atoms with van der Waals surface area (Å²) in [4.78, 5) is 43.9. The zero-order valence-corrected chi connectivity index (χ0v) is 21.1. The lowest BCUT2D eigenvalue weighted by molar-refractivity contribution is -0.172. The molecule has 10 heteroatoms. The van der Waals surface area contributed by atoms with Crippen molar-refractivity contribution in [3.05, 3.63) is 61.7 Å². The molecule has 0 bridgehead atoms. The van der Waals surface area contributed by atoms with Gasteiger partial charge in [-0.3, -0.25) is 9.59 Å². The Kier molecular flexibility index (Phi) is 4.91. The molecule has 38 heavy (non-hydrogen) atoms. The van der Waals surface area contributed by atoms with Crippen molar-refractivity contribution >= 4 is 22.8 Å². The SMILES string of the molecule is CCC1(O)C(=O)OCc2c1cc1n(c2=O)Cc2c-1nc1cc(F)c(C)c3c1c2[C@H](NC(=O)[C@H]1CCN1)CC3. The van der Waals surface area contributed by atoms with Gasteiger partial charge in [-0.2, -0.15) is 0 Å². The first kappa shape index (κ1) is 23.5. The molecular weight excluding hydrogens is 491 g/mol. The predicted molar refractivity (Wildman–Crippen MR) is 135 cm³/mol. The van der Waals surface area contributed by atoms with Crippen molar-refractivity contribution in [2.75, 3.05) is 6.54 Å². The highest BCUT2D eigenvalue weighted by Crippen LogP contribution is 2.46. The topological polar surface area (TPSA) is 123 Å². The van der Waals surface area contributed by atoms with Crippen molar-refractivity contribution < 1.29 is 23.8 Å². The van der Waals surface area contributed by atoms with Crippen LogP contribution in [0.5, 0.6) is 0 Å². The summed E-state index contributed by atoms with van der Waals surface area (Å²) < 4.78 is 21.7. The smallest absolute Gasteiger partial charge is 0.343 e. The predicted octanol–water partition coefficient (Wildman–Crippen LogP) is 1.99. The van der Waals surface area contributed by atoms with Crippen LogP contribution in [0, 0.1) is 12.7 Å². The van der Waals surface area contributed by atoms with E-state index >= 15 is 0 Å². The summed E-state index contributed by atoms with van der Waals surface area (Å²) in [5, 5.41) is 18.3.